The third-order valence-corrected chi connectivity index (χ3v) is 7.07. The van der Waals surface area contributed by atoms with Crippen molar-refractivity contribution in [2.45, 2.75) is 32.6 Å². The second-order valence-corrected chi connectivity index (χ2v) is 9.57. The quantitative estimate of drug-likeness (QED) is 0.613. The molecule has 2 amide bonds. The van der Waals surface area contributed by atoms with E-state index in [1.807, 2.05) is 38.1 Å². The van der Waals surface area contributed by atoms with Gasteiger partial charge in [-0.1, -0.05) is 62.4 Å². The van der Waals surface area contributed by atoms with Crippen LogP contribution in [0.15, 0.2) is 48.5 Å². The molecular weight excluding hydrogens is 432 g/mol. The van der Waals surface area contributed by atoms with E-state index in [1.165, 1.54) is 22.3 Å². The highest BCUT2D eigenvalue weighted by molar-refractivity contribution is 5.80. The fourth-order valence-corrected chi connectivity index (χ4v) is 5.03. The number of alkyl carbamates (subject to hydrolysis) is 1. The van der Waals surface area contributed by atoms with Gasteiger partial charge in [-0.15, -0.1) is 0 Å². The highest BCUT2D eigenvalue weighted by atomic mass is 16.5. The van der Waals surface area contributed by atoms with Gasteiger partial charge in [-0.05, 0) is 40.5 Å². The van der Waals surface area contributed by atoms with E-state index in [0.717, 1.165) is 0 Å². The van der Waals surface area contributed by atoms with Gasteiger partial charge in [0.1, 0.15) is 6.61 Å². The van der Waals surface area contributed by atoms with Crippen molar-refractivity contribution in [1.82, 2.24) is 10.2 Å². The number of aliphatic carboxylic acids is 1. The predicted molar refractivity (Wildman–Crippen MR) is 128 cm³/mol. The predicted octanol–water partition coefficient (Wildman–Crippen LogP) is 4.12. The lowest BCUT2D eigenvalue weighted by Crippen LogP contribution is -2.32. The Morgan fingerprint density at radius 3 is 2.26 bits per heavy atom. The number of nitrogens with one attached hydrogen (secondary N) is 1. The van der Waals surface area contributed by atoms with Gasteiger partial charge in [0.2, 0.25) is 5.91 Å². The van der Waals surface area contributed by atoms with Gasteiger partial charge in [-0.25, -0.2) is 4.79 Å². The number of ether oxygens (including phenoxy) is 1. The van der Waals surface area contributed by atoms with Crippen molar-refractivity contribution in [2.75, 3.05) is 26.2 Å². The summed E-state index contributed by atoms with van der Waals surface area (Å²) in [4.78, 5) is 37.7. The molecule has 1 aliphatic heterocycles. The molecule has 2 aromatic carbocycles. The number of rotatable bonds is 8. The van der Waals surface area contributed by atoms with Gasteiger partial charge in [-0.3, -0.25) is 9.59 Å². The molecule has 34 heavy (non-hydrogen) atoms. The number of carbonyl (C=O) groups is 3. The zero-order valence-electron chi connectivity index (χ0n) is 19.7. The van der Waals surface area contributed by atoms with E-state index < -0.39 is 18.0 Å². The molecule has 1 heterocycles. The molecule has 1 fully saturated rings. The average molecular weight is 465 g/mol. The fourth-order valence-electron chi connectivity index (χ4n) is 5.03. The van der Waals surface area contributed by atoms with Gasteiger partial charge < -0.3 is 20.1 Å². The molecule has 0 aromatic heterocycles. The van der Waals surface area contributed by atoms with Gasteiger partial charge in [0.15, 0.2) is 0 Å². The molecule has 2 aromatic rings. The molecule has 180 valence electrons. The summed E-state index contributed by atoms with van der Waals surface area (Å²) in [5, 5.41) is 12.1. The first kappa shape index (κ1) is 23.8. The lowest BCUT2D eigenvalue weighted by atomic mass is 9.98. The van der Waals surface area contributed by atoms with E-state index in [0.29, 0.717) is 25.9 Å². The topological polar surface area (TPSA) is 95.9 Å². The lowest BCUT2D eigenvalue weighted by molar-refractivity contribution is -0.142. The van der Waals surface area contributed by atoms with Crippen LogP contribution in [0.25, 0.3) is 11.1 Å². The maximum absolute atomic E-state index is 12.5. The van der Waals surface area contributed by atoms with Gasteiger partial charge in [0.25, 0.3) is 0 Å². The maximum Gasteiger partial charge on any atom is 0.407 e. The standard InChI is InChI=1S/C27H32N2O5/c1-17(11-12-25(30)29-14-18(2)23(15-29)26(31)32)13-28-27(33)34-16-24-21-9-5-3-7-19(21)20-8-4-6-10-22(20)24/h3-10,17-18,23-24H,11-16H2,1-2H3,(H,28,33)(H,31,32)/t17?,18-,23-/m0/s1. The summed E-state index contributed by atoms with van der Waals surface area (Å²) in [6.45, 7) is 5.29. The van der Waals surface area contributed by atoms with E-state index in [4.69, 9.17) is 4.74 Å². The van der Waals surface area contributed by atoms with Crippen LogP contribution < -0.4 is 5.32 Å². The minimum atomic E-state index is -0.844. The number of hydrogen-bond acceptors (Lipinski definition) is 4. The van der Waals surface area contributed by atoms with Crippen molar-refractivity contribution in [2.24, 2.45) is 17.8 Å². The first-order valence-electron chi connectivity index (χ1n) is 11.9. The van der Waals surface area contributed by atoms with Gasteiger partial charge >= 0.3 is 12.1 Å². The Bertz CT molecular complexity index is 1020. The molecule has 2 N–H and O–H groups in total. The molecule has 1 aliphatic carbocycles. The second kappa shape index (κ2) is 10.3. The molecule has 1 saturated heterocycles. The smallest absolute Gasteiger partial charge is 0.407 e. The van der Waals surface area contributed by atoms with E-state index in [9.17, 15) is 19.5 Å². The highest BCUT2D eigenvalue weighted by Crippen LogP contribution is 2.44. The van der Waals surface area contributed by atoms with Crippen molar-refractivity contribution in [3.8, 4) is 11.1 Å². The van der Waals surface area contributed by atoms with Crippen molar-refractivity contribution in [3.05, 3.63) is 59.7 Å². The molecule has 0 bridgehead atoms. The molecule has 2 aliphatic rings. The summed E-state index contributed by atoms with van der Waals surface area (Å²) in [6, 6.07) is 16.4. The summed E-state index contributed by atoms with van der Waals surface area (Å²) in [5.74, 6) is -1.27. The number of carboxylic acids is 1. The zero-order chi connectivity index (χ0) is 24.2. The van der Waals surface area contributed by atoms with Crippen LogP contribution in [0.1, 0.15) is 43.7 Å². The second-order valence-electron chi connectivity index (χ2n) is 9.57. The number of carbonyl (C=O) groups excluding carboxylic acids is 2. The van der Waals surface area contributed by atoms with Crippen LogP contribution >= 0.6 is 0 Å². The molecule has 4 rings (SSSR count). The van der Waals surface area contributed by atoms with E-state index >= 15 is 0 Å². The number of benzene rings is 2. The van der Waals surface area contributed by atoms with Crippen LogP contribution in [0.2, 0.25) is 0 Å². The Kier molecular flexibility index (Phi) is 7.20. The Morgan fingerprint density at radius 1 is 1.06 bits per heavy atom. The maximum atomic E-state index is 12.5. The number of carboxylic acid groups (broad SMARTS) is 1. The minimum absolute atomic E-state index is 0.0191. The van der Waals surface area contributed by atoms with Crippen molar-refractivity contribution >= 4 is 18.0 Å². The summed E-state index contributed by atoms with van der Waals surface area (Å²) in [5.41, 5.74) is 4.72. The lowest BCUT2D eigenvalue weighted by Gasteiger charge is -2.18. The summed E-state index contributed by atoms with van der Waals surface area (Å²) in [6.07, 6.45) is 0.496. The number of amides is 2. The SMILES string of the molecule is CC(CCC(=O)N1C[C@H](C(=O)O)[C@@H](C)C1)CNC(=O)OCC1c2ccccc2-c2ccccc21. The monoisotopic (exact) mass is 464 g/mol. The highest BCUT2D eigenvalue weighted by Gasteiger charge is 2.36. The molecule has 0 saturated carbocycles. The molecule has 0 spiro atoms. The molecule has 1 unspecified atom stereocenters. The van der Waals surface area contributed by atoms with Gasteiger partial charge in [-0.2, -0.15) is 0 Å². The number of likely N-dealkylation sites (tertiary alicyclic amines) is 1. The Balaban J connectivity index is 1.21. The number of hydrogen-bond donors (Lipinski definition) is 2. The van der Waals surface area contributed by atoms with Crippen LogP contribution in [-0.2, 0) is 14.3 Å². The molecule has 7 heteroatoms. The first-order chi connectivity index (χ1) is 16.3. The molecule has 3 atom stereocenters. The summed E-state index contributed by atoms with van der Waals surface area (Å²) < 4.78 is 5.56. The van der Waals surface area contributed by atoms with Gasteiger partial charge in [0.05, 0.1) is 5.92 Å². The number of nitrogens with zero attached hydrogens (tertiary/aromatic N) is 1. The summed E-state index contributed by atoms with van der Waals surface area (Å²) in [7, 11) is 0. The Labute approximate surface area is 200 Å². The van der Waals surface area contributed by atoms with Crippen LogP contribution in [0, 0.1) is 17.8 Å². The third kappa shape index (κ3) is 5.08. The van der Waals surface area contributed by atoms with Gasteiger partial charge in [0, 0.05) is 32.0 Å². The van der Waals surface area contributed by atoms with E-state index in [2.05, 4.69) is 29.6 Å². The Hall–Kier alpha value is -3.35. The van der Waals surface area contributed by atoms with Crippen molar-refractivity contribution in [1.29, 1.82) is 0 Å². The van der Waals surface area contributed by atoms with E-state index in [-0.39, 0.29) is 36.8 Å². The molecule has 7 nitrogen and oxygen atoms in total. The van der Waals surface area contributed by atoms with Crippen LogP contribution in [0.4, 0.5) is 4.79 Å². The Morgan fingerprint density at radius 2 is 1.68 bits per heavy atom. The normalized spacial score (nSPS) is 19.9. The van der Waals surface area contributed by atoms with Crippen LogP contribution in [0.3, 0.4) is 0 Å². The molecule has 0 radical (unpaired) electrons. The fraction of sp³-hybridized carbons (Fsp3) is 0.444. The van der Waals surface area contributed by atoms with Crippen LogP contribution in [0.5, 0.6) is 0 Å². The van der Waals surface area contributed by atoms with Crippen molar-refractivity contribution in [3.63, 3.8) is 0 Å². The third-order valence-electron chi connectivity index (χ3n) is 7.07. The first-order valence-corrected chi connectivity index (χ1v) is 11.9. The van der Waals surface area contributed by atoms with E-state index in [1.54, 1.807) is 4.90 Å². The average Bonchev–Trinajstić information content (AvgIpc) is 3.38. The zero-order valence-corrected chi connectivity index (χ0v) is 19.7. The summed E-state index contributed by atoms with van der Waals surface area (Å²) >= 11 is 0. The molecular formula is C27H32N2O5. The minimum Gasteiger partial charge on any atom is -0.481 e. The van der Waals surface area contributed by atoms with Crippen LogP contribution in [-0.4, -0.2) is 54.2 Å². The largest absolute Gasteiger partial charge is 0.481 e. The van der Waals surface area contributed by atoms with Crippen molar-refractivity contribution < 1.29 is 24.2 Å². The number of fused-ring (bicyclic) bond motifs is 3.